The summed E-state index contributed by atoms with van der Waals surface area (Å²) in [4.78, 5) is 18.1. The molecule has 9 heteroatoms. The topological polar surface area (TPSA) is 96.1 Å². The van der Waals surface area contributed by atoms with E-state index in [1.54, 1.807) is 42.7 Å². The molecule has 188 valence electrons. The van der Waals surface area contributed by atoms with Crippen molar-refractivity contribution < 1.29 is 28.1 Å². The van der Waals surface area contributed by atoms with Crippen LogP contribution in [0.15, 0.2) is 66.5 Å². The molecule has 0 fully saturated rings. The highest BCUT2D eigenvalue weighted by atomic mass is 19.1. The highest BCUT2D eigenvalue weighted by Crippen LogP contribution is 2.38. The largest absolute Gasteiger partial charge is 0.493 e. The molecule has 0 saturated carbocycles. The molecule has 0 spiro atoms. The standard InChI is InChI=1S/C27H28FN3O5/c1-27(2,3)36-26(32)31-11-8-17(9-12-31)16-34-25-15-21-19(14-24(25)33-4)22(7-10-30-21)35-23-6-5-18(29)13-20(23)28/h5-11,13-15H,12,16,29H2,1-4H3. The first-order valence-corrected chi connectivity index (χ1v) is 11.3. The number of nitrogen functional groups attached to an aromatic ring is 1. The molecular weight excluding hydrogens is 465 g/mol. The number of nitrogens with two attached hydrogens (primary N) is 1. The van der Waals surface area contributed by atoms with E-state index in [-0.39, 0.29) is 12.4 Å². The van der Waals surface area contributed by atoms with Gasteiger partial charge in [-0.3, -0.25) is 9.88 Å². The Morgan fingerprint density at radius 1 is 1.11 bits per heavy atom. The number of amides is 1. The molecule has 0 atom stereocenters. The highest BCUT2D eigenvalue weighted by Gasteiger charge is 2.21. The number of nitrogens with zero attached hydrogens (tertiary/aromatic N) is 2. The van der Waals surface area contributed by atoms with Crippen molar-refractivity contribution in [2.24, 2.45) is 0 Å². The van der Waals surface area contributed by atoms with Crippen LogP contribution in [0.5, 0.6) is 23.0 Å². The lowest BCUT2D eigenvalue weighted by Gasteiger charge is -2.26. The van der Waals surface area contributed by atoms with Gasteiger partial charge in [-0.2, -0.15) is 0 Å². The third kappa shape index (κ3) is 5.86. The van der Waals surface area contributed by atoms with Crippen molar-refractivity contribution in [2.45, 2.75) is 26.4 Å². The van der Waals surface area contributed by atoms with Crippen molar-refractivity contribution in [3.05, 3.63) is 72.3 Å². The normalized spacial score (nSPS) is 13.4. The van der Waals surface area contributed by atoms with Crippen LogP contribution in [0.1, 0.15) is 20.8 Å². The molecule has 1 aromatic heterocycles. The quantitative estimate of drug-likeness (QED) is 0.432. The second-order valence-electron chi connectivity index (χ2n) is 9.14. The van der Waals surface area contributed by atoms with Crippen molar-refractivity contribution >= 4 is 22.7 Å². The number of ether oxygens (including phenoxy) is 4. The van der Waals surface area contributed by atoms with Gasteiger partial charge in [-0.15, -0.1) is 0 Å². The van der Waals surface area contributed by atoms with Gasteiger partial charge in [-0.25, -0.2) is 9.18 Å². The number of pyridine rings is 1. The Morgan fingerprint density at radius 3 is 2.58 bits per heavy atom. The summed E-state index contributed by atoms with van der Waals surface area (Å²) in [6.45, 7) is 6.11. The molecular formula is C27H28FN3O5. The number of aromatic nitrogens is 1. The van der Waals surface area contributed by atoms with E-state index in [4.69, 9.17) is 24.7 Å². The van der Waals surface area contributed by atoms with Gasteiger partial charge >= 0.3 is 6.09 Å². The maximum atomic E-state index is 14.3. The lowest BCUT2D eigenvalue weighted by molar-refractivity contribution is 0.0349. The van der Waals surface area contributed by atoms with Gasteiger partial charge < -0.3 is 24.7 Å². The molecule has 0 bridgehead atoms. The number of hydrogen-bond donors (Lipinski definition) is 1. The van der Waals surface area contributed by atoms with Gasteiger partial charge in [0.15, 0.2) is 23.1 Å². The lowest BCUT2D eigenvalue weighted by atomic mass is 10.1. The molecule has 0 unspecified atom stereocenters. The number of carbonyl (C=O) groups excluding carboxylic acids is 1. The predicted molar refractivity (Wildman–Crippen MR) is 135 cm³/mol. The molecule has 2 aromatic carbocycles. The summed E-state index contributed by atoms with van der Waals surface area (Å²) < 4.78 is 37.0. The minimum absolute atomic E-state index is 0.0486. The van der Waals surface area contributed by atoms with Crippen LogP contribution in [0, 0.1) is 5.82 Å². The Morgan fingerprint density at radius 2 is 1.92 bits per heavy atom. The van der Waals surface area contributed by atoms with Crippen molar-refractivity contribution in [2.75, 3.05) is 26.0 Å². The molecule has 1 aliphatic heterocycles. The van der Waals surface area contributed by atoms with Crippen molar-refractivity contribution in [1.29, 1.82) is 0 Å². The molecule has 1 amide bonds. The number of anilines is 1. The average molecular weight is 494 g/mol. The van der Waals surface area contributed by atoms with E-state index >= 15 is 0 Å². The number of hydrogen-bond acceptors (Lipinski definition) is 7. The van der Waals surface area contributed by atoms with Crippen molar-refractivity contribution in [3.63, 3.8) is 0 Å². The minimum Gasteiger partial charge on any atom is -0.493 e. The molecule has 4 rings (SSSR count). The number of rotatable bonds is 6. The third-order valence-electron chi connectivity index (χ3n) is 5.20. The zero-order chi connectivity index (χ0) is 25.9. The number of fused-ring (bicyclic) bond motifs is 1. The molecule has 2 N–H and O–H groups in total. The monoisotopic (exact) mass is 493 g/mol. The molecule has 3 aromatic rings. The van der Waals surface area contributed by atoms with Gasteiger partial charge in [0.1, 0.15) is 18.0 Å². The maximum absolute atomic E-state index is 14.3. The van der Waals surface area contributed by atoms with E-state index in [1.165, 1.54) is 24.1 Å². The first-order chi connectivity index (χ1) is 17.1. The fraction of sp³-hybridized carbons (Fsp3) is 0.259. The van der Waals surface area contributed by atoms with Crippen LogP contribution in [0.4, 0.5) is 14.9 Å². The van der Waals surface area contributed by atoms with Gasteiger partial charge in [-0.1, -0.05) is 6.08 Å². The van der Waals surface area contributed by atoms with Gasteiger partial charge in [0.25, 0.3) is 0 Å². The first kappa shape index (κ1) is 24.8. The zero-order valence-corrected chi connectivity index (χ0v) is 20.6. The molecule has 0 radical (unpaired) electrons. The highest BCUT2D eigenvalue weighted by molar-refractivity contribution is 5.88. The number of methoxy groups -OCH3 is 1. The fourth-order valence-corrected chi connectivity index (χ4v) is 3.46. The summed E-state index contributed by atoms with van der Waals surface area (Å²) in [5.74, 6) is 0.845. The number of benzene rings is 2. The predicted octanol–water partition coefficient (Wildman–Crippen LogP) is 5.83. The number of halogens is 1. The molecule has 0 saturated heterocycles. The Kier molecular flexibility index (Phi) is 7.00. The fourth-order valence-electron chi connectivity index (χ4n) is 3.46. The van der Waals surface area contributed by atoms with E-state index in [9.17, 15) is 9.18 Å². The van der Waals surface area contributed by atoms with E-state index in [1.807, 2.05) is 26.8 Å². The minimum atomic E-state index is -0.564. The first-order valence-electron chi connectivity index (χ1n) is 11.3. The maximum Gasteiger partial charge on any atom is 0.414 e. The van der Waals surface area contributed by atoms with Crippen LogP contribution in [-0.2, 0) is 4.74 Å². The SMILES string of the molecule is COc1cc2c(Oc3ccc(N)cc3F)ccnc2cc1OCC1=CCN(C(=O)OC(C)(C)C)C=C1. The molecule has 36 heavy (non-hydrogen) atoms. The average Bonchev–Trinajstić information content (AvgIpc) is 2.83. The van der Waals surface area contributed by atoms with Crippen LogP contribution in [0.2, 0.25) is 0 Å². The summed E-state index contributed by atoms with van der Waals surface area (Å²) in [6, 6.07) is 9.35. The Balaban J connectivity index is 1.49. The van der Waals surface area contributed by atoms with Crippen LogP contribution < -0.4 is 19.9 Å². The Labute approximate surface area is 208 Å². The third-order valence-corrected chi connectivity index (χ3v) is 5.20. The Bertz CT molecular complexity index is 1350. The van der Waals surface area contributed by atoms with Gasteiger partial charge in [0, 0.05) is 42.1 Å². The zero-order valence-electron chi connectivity index (χ0n) is 20.6. The van der Waals surface area contributed by atoms with E-state index in [0.717, 1.165) is 5.57 Å². The van der Waals surface area contributed by atoms with Crippen molar-refractivity contribution in [1.82, 2.24) is 9.88 Å². The summed E-state index contributed by atoms with van der Waals surface area (Å²) in [7, 11) is 1.53. The van der Waals surface area contributed by atoms with E-state index in [0.29, 0.717) is 40.4 Å². The lowest BCUT2D eigenvalue weighted by Crippen LogP contribution is -2.34. The number of carbonyl (C=O) groups is 1. The molecule has 0 aliphatic carbocycles. The second kappa shape index (κ2) is 10.2. The smallest absolute Gasteiger partial charge is 0.414 e. The van der Waals surface area contributed by atoms with Crippen LogP contribution in [-0.4, -0.2) is 41.8 Å². The van der Waals surface area contributed by atoms with Gasteiger partial charge in [-0.05, 0) is 56.7 Å². The second-order valence-corrected chi connectivity index (χ2v) is 9.14. The molecule has 8 nitrogen and oxygen atoms in total. The summed E-state index contributed by atoms with van der Waals surface area (Å²) >= 11 is 0. The van der Waals surface area contributed by atoms with Crippen LogP contribution in [0.25, 0.3) is 10.9 Å². The molecule has 2 heterocycles. The van der Waals surface area contributed by atoms with E-state index in [2.05, 4.69) is 4.98 Å². The van der Waals surface area contributed by atoms with Gasteiger partial charge in [0.2, 0.25) is 0 Å². The van der Waals surface area contributed by atoms with Crippen molar-refractivity contribution in [3.8, 4) is 23.0 Å². The summed E-state index contributed by atoms with van der Waals surface area (Å²) in [5.41, 5.74) is 6.85. The van der Waals surface area contributed by atoms with Gasteiger partial charge in [0.05, 0.1) is 12.6 Å². The van der Waals surface area contributed by atoms with Crippen LogP contribution >= 0.6 is 0 Å². The van der Waals surface area contributed by atoms with E-state index < -0.39 is 17.5 Å². The molecule has 1 aliphatic rings. The Hall–Kier alpha value is -4.27. The summed E-state index contributed by atoms with van der Waals surface area (Å²) in [6.07, 6.45) is 6.52. The summed E-state index contributed by atoms with van der Waals surface area (Å²) in [5, 5.41) is 0.628. The van der Waals surface area contributed by atoms with Crippen LogP contribution in [0.3, 0.4) is 0 Å².